The molecule has 1 amide bonds. The highest BCUT2D eigenvalue weighted by Gasteiger charge is 2.46. The van der Waals surface area contributed by atoms with E-state index in [1.165, 1.54) is 14.0 Å². The molecule has 0 radical (unpaired) electrons. The molecule has 8 nitrogen and oxygen atoms in total. The Bertz CT molecular complexity index is 285. The van der Waals surface area contributed by atoms with Gasteiger partial charge in [-0.05, 0) is 0 Å². The van der Waals surface area contributed by atoms with Gasteiger partial charge in [-0.25, -0.2) is 0 Å². The fourth-order valence-corrected chi connectivity index (χ4v) is 1.75. The van der Waals surface area contributed by atoms with E-state index in [0.29, 0.717) is 0 Å². The molecule has 0 aromatic rings. The van der Waals surface area contributed by atoms with Gasteiger partial charge in [-0.15, -0.1) is 0 Å². The molecule has 6 atom stereocenters. The first kappa shape index (κ1) is 15.3. The first-order valence-electron chi connectivity index (χ1n) is 5.53. The lowest BCUT2D eigenvalue weighted by Crippen LogP contribution is -2.62. The van der Waals surface area contributed by atoms with E-state index in [9.17, 15) is 25.2 Å². The Kier molecular flexibility index (Phi) is 5.45. The molecular weight excluding hydrogens is 246 g/mol. The second-order valence-electron chi connectivity index (χ2n) is 4.18. The van der Waals surface area contributed by atoms with Gasteiger partial charge in [0.05, 0.1) is 0 Å². The van der Waals surface area contributed by atoms with E-state index in [2.05, 4.69) is 5.32 Å². The molecule has 8 heteroatoms. The number of carbonyl (C=O) groups excluding carboxylic acids is 1. The summed E-state index contributed by atoms with van der Waals surface area (Å²) in [6, 6.07) is 0. The zero-order chi connectivity index (χ0) is 13.9. The minimum absolute atomic E-state index is 0.143. The van der Waals surface area contributed by atoms with Crippen LogP contribution in [-0.2, 0) is 14.3 Å². The molecule has 0 saturated carbocycles. The van der Waals surface area contributed by atoms with Crippen molar-refractivity contribution >= 4 is 5.91 Å². The van der Waals surface area contributed by atoms with Crippen LogP contribution in [0.15, 0.2) is 0 Å². The summed E-state index contributed by atoms with van der Waals surface area (Å²) in [4.78, 5) is 10.7. The third-order valence-electron chi connectivity index (χ3n) is 2.78. The predicted molar refractivity (Wildman–Crippen MR) is 58.4 cm³/mol. The van der Waals surface area contributed by atoms with Crippen LogP contribution in [0, 0.1) is 0 Å². The van der Waals surface area contributed by atoms with Crippen LogP contribution in [0.1, 0.15) is 6.92 Å². The lowest BCUT2D eigenvalue weighted by atomic mass is 9.95. The molecule has 106 valence electrons. The second kappa shape index (κ2) is 6.41. The van der Waals surface area contributed by atoms with E-state index in [1.807, 2.05) is 0 Å². The van der Waals surface area contributed by atoms with E-state index >= 15 is 0 Å². The first-order valence-corrected chi connectivity index (χ1v) is 5.53. The molecule has 0 unspecified atom stereocenters. The van der Waals surface area contributed by atoms with Crippen molar-refractivity contribution in [3.05, 3.63) is 0 Å². The van der Waals surface area contributed by atoms with Crippen LogP contribution < -0.4 is 5.32 Å². The number of hydrogen-bond acceptors (Lipinski definition) is 7. The monoisotopic (exact) mass is 265 g/mol. The number of nitrogens with one attached hydrogen (secondary N) is 1. The van der Waals surface area contributed by atoms with Crippen molar-refractivity contribution in [2.45, 2.75) is 43.7 Å². The summed E-state index contributed by atoms with van der Waals surface area (Å²) < 4.78 is 9.93. The van der Waals surface area contributed by atoms with Gasteiger partial charge in [-0.2, -0.15) is 0 Å². The number of aliphatic hydroxyl groups excluding tert-OH is 4. The van der Waals surface area contributed by atoms with E-state index in [1.54, 1.807) is 0 Å². The molecule has 0 bridgehead atoms. The van der Waals surface area contributed by atoms with Crippen molar-refractivity contribution in [1.82, 2.24) is 5.32 Å². The van der Waals surface area contributed by atoms with E-state index in [0.717, 1.165) is 0 Å². The van der Waals surface area contributed by atoms with Gasteiger partial charge in [0.15, 0.2) is 6.29 Å². The molecule has 0 aliphatic carbocycles. The van der Waals surface area contributed by atoms with Gasteiger partial charge in [-0.1, -0.05) is 0 Å². The maximum Gasteiger partial charge on any atom is 0.216 e. The van der Waals surface area contributed by atoms with Crippen molar-refractivity contribution in [3.8, 4) is 0 Å². The van der Waals surface area contributed by atoms with Crippen LogP contribution in [0.5, 0.6) is 0 Å². The van der Waals surface area contributed by atoms with Crippen molar-refractivity contribution in [2.24, 2.45) is 0 Å². The van der Waals surface area contributed by atoms with Crippen molar-refractivity contribution in [1.29, 1.82) is 0 Å². The lowest BCUT2D eigenvalue weighted by molar-refractivity contribution is -0.303. The van der Waals surface area contributed by atoms with Gasteiger partial charge in [0.1, 0.15) is 30.5 Å². The molecular formula is C10H19NO7. The second-order valence-corrected chi connectivity index (χ2v) is 4.18. The van der Waals surface area contributed by atoms with Crippen LogP contribution in [0.2, 0.25) is 0 Å². The molecule has 0 spiro atoms. The topological polar surface area (TPSA) is 128 Å². The van der Waals surface area contributed by atoms with Crippen molar-refractivity contribution < 1.29 is 34.7 Å². The first-order chi connectivity index (χ1) is 8.38. The van der Waals surface area contributed by atoms with E-state index in [-0.39, 0.29) is 12.5 Å². The zero-order valence-electron chi connectivity index (χ0n) is 10.2. The highest BCUT2D eigenvalue weighted by molar-refractivity contribution is 5.72. The highest BCUT2D eigenvalue weighted by atomic mass is 16.7. The Labute approximate surface area is 104 Å². The third kappa shape index (κ3) is 3.37. The zero-order valence-corrected chi connectivity index (χ0v) is 10.2. The summed E-state index contributed by atoms with van der Waals surface area (Å²) in [5.74, 6) is -0.344. The van der Waals surface area contributed by atoms with Gasteiger partial charge >= 0.3 is 0 Å². The number of aliphatic hydroxyl groups is 4. The van der Waals surface area contributed by atoms with Crippen LogP contribution in [0.3, 0.4) is 0 Å². The molecule has 5 N–H and O–H groups in total. The minimum Gasteiger partial charge on any atom is -0.388 e. The molecule has 1 saturated heterocycles. The molecule has 0 aromatic heterocycles. The fourth-order valence-electron chi connectivity index (χ4n) is 1.75. The molecule has 1 fully saturated rings. The summed E-state index contributed by atoms with van der Waals surface area (Å²) in [6.45, 7) is 1.14. The third-order valence-corrected chi connectivity index (χ3v) is 2.78. The molecule has 18 heavy (non-hydrogen) atoms. The van der Waals surface area contributed by atoms with Crippen molar-refractivity contribution in [2.75, 3.05) is 13.7 Å². The summed E-state index contributed by atoms with van der Waals surface area (Å²) in [7, 11) is 1.26. The fraction of sp³-hybridized carbons (Fsp3) is 0.900. The standard InChI is InChI=1S/C10H19NO7/c1-4(12)11-3-5(13)9-7(15)6(14)8(16)10(17-2)18-9/h5-10,13-16H,3H2,1-2H3,(H,11,12)/t5-,6+,7+,8+,9-,10+/m0/s1. The predicted octanol–water partition coefficient (Wildman–Crippen LogP) is -3.06. The quantitative estimate of drug-likeness (QED) is 0.365. The Hall–Kier alpha value is -0.770. The summed E-state index contributed by atoms with van der Waals surface area (Å²) in [6.07, 6.45) is -7.94. The van der Waals surface area contributed by atoms with E-state index < -0.39 is 36.8 Å². The smallest absolute Gasteiger partial charge is 0.216 e. The van der Waals surface area contributed by atoms with Gasteiger partial charge in [-0.3, -0.25) is 4.79 Å². The summed E-state index contributed by atoms with van der Waals surface area (Å²) in [5.41, 5.74) is 0. The Balaban J connectivity index is 2.65. The van der Waals surface area contributed by atoms with Gasteiger partial charge in [0, 0.05) is 20.6 Å². The number of carbonyl (C=O) groups is 1. The molecule has 1 heterocycles. The van der Waals surface area contributed by atoms with Crippen LogP contribution >= 0.6 is 0 Å². The number of rotatable bonds is 4. The summed E-state index contributed by atoms with van der Waals surface area (Å²) >= 11 is 0. The maximum atomic E-state index is 10.7. The van der Waals surface area contributed by atoms with Crippen LogP contribution in [-0.4, -0.2) is 76.8 Å². The van der Waals surface area contributed by atoms with Gasteiger partial charge < -0.3 is 35.2 Å². The summed E-state index contributed by atoms with van der Waals surface area (Å²) in [5, 5.41) is 40.9. The average molecular weight is 265 g/mol. The van der Waals surface area contributed by atoms with Crippen molar-refractivity contribution in [3.63, 3.8) is 0 Å². The molecule has 1 aliphatic heterocycles. The SMILES string of the molecule is CO[C@@H]1O[C@@H]([C@@H](O)CNC(C)=O)[C@H](O)[C@@H](O)[C@H]1O. The number of hydrogen-bond donors (Lipinski definition) is 5. The molecule has 1 aliphatic rings. The normalized spacial score (nSPS) is 38.2. The Morgan fingerprint density at radius 2 is 1.94 bits per heavy atom. The van der Waals surface area contributed by atoms with Crippen LogP contribution in [0.25, 0.3) is 0 Å². The minimum atomic E-state index is -1.50. The molecule has 1 rings (SSSR count). The maximum absolute atomic E-state index is 10.7. The van der Waals surface area contributed by atoms with Crippen LogP contribution in [0.4, 0.5) is 0 Å². The number of ether oxygens (including phenoxy) is 2. The van der Waals surface area contributed by atoms with Gasteiger partial charge in [0.2, 0.25) is 5.91 Å². The number of amides is 1. The highest BCUT2D eigenvalue weighted by Crippen LogP contribution is 2.23. The largest absolute Gasteiger partial charge is 0.388 e. The average Bonchev–Trinajstić information content (AvgIpc) is 2.33. The van der Waals surface area contributed by atoms with Gasteiger partial charge in [0.25, 0.3) is 0 Å². The Morgan fingerprint density at radius 1 is 1.33 bits per heavy atom. The Morgan fingerprint density at radius 3 is 2.44 bits per heavy atom. The van der Waals surface area contributed by atoms with E-state index in [4.69, 9.17) is 9.47 Å². The lowest BCUT2D eigenvalue weighted by Gasteiger charge is -2.41. The molecule has 0 aromatic carbocycles. The number of methoxy groups -OCH3 is 1.